The molecule has 1 aromatic heterocycles. The maximum Gasteiger partial charge on any atom is 0.311 e. The number of piperidine rings is 1. The zero-order chi connectivity index (χ0) is 14.8. The standard InChI is InChI=1S/C15H24N2O2S/c1-15(2,3)11-5-7-17(8-6-11)14-16-12(10-20-14)9-13(18)19-4/h10-11H,5-9H2,1-4H3. The number of nitrogens with zero attached hydrogens (tertiary/aromatic N) is 2. The van der Waals surface area contributed by atoms with E-state index in [2.05, 4.69) is 35.4 Å². The van der Waals surface area contributed by atoms with Gasteiger partial charge in [0.1, 0.15) is 0 Å². The molecular formula is C15H24N2O2S. The van der Waals surface area contributed by atoms with Crippen LogP contribution in [0.15, 0.2) is 5.38 Å². The third kappa shape index (κ3) is 3.72. The Morgan fingerprint density at radius 2 is 2.10 bits per heavy atom. The zero-order valence-electron chi connectivity index (χ0n) is 12.8. The Labute approximate surface area is 125 Å². The van der Waals surface area contributed by atoms with Crippen molar-refractivity contribution in [3.63, 3.8) is 0 Å². The first-order valence-electron chi connectivity index (χ1n) is 7.16. The smallest absolute Gasteiger partial charge is 0.311 e. The Hall–Kier alpha value is -1.10. The molecule has 0 aromatic carbocycles. The van der Waals surface area contributed by atoms with E-state index in [1.54, 1.807) is 11.3 Å². The minimum absolute atomic E-state index is 0.228. The van der Waals surface area contributed by atoms with E-state index < -0.39 is 0 Å². The summed E-state index contributed by atoms with van der Waals surface area (Å²) >= 11 is 1.62. The van der Waals surface area contributed by atoms with Crippen LogP contribution in [0.25, 0.3) is 0 Å². The maximum atomic E-state index is 11.2. The molecule has 0 bridgehead atoms. The van der Waals surface area contributed by atoms with Gasteiger partial charge in [-0.3, -0.25) is 4.79 Å². The molecule has 20 heavy (non-hydrogen) atoms. The quantitative estimate of drug-likeness (QED) is 0.804. The van der Waals surface area contributed by atoms with E-state index in [0.717, 1.165) is 29.8 Å². The number of ether oxygens (including phenoxy) is 1. The Morgan fingerprint density at radius 3 is 2.65 bits per heavy atom. The summed E-state index contributed by atoms with van der Waals surface area (Å²) in [5.74, 6) is 0.557. The summed E-state index contributed by atoms with van der Waals surface area (Å²) in [5.41, 5.74) is 1.21. The fourth-order valence-electron chi connectivity index (χ4n) is 2.68. The van der Waals surface area contributed by atoms with Crippen LogP contribution in [0.5, 0.6) is 0 Å². The van der Waals surface area contributed by atoms with Gasteiger partial charge < -0.3 is 9.64 Å². The fraction of sp³-hybridized carbons (Fsp3) is 0.733. The molecule has 0 amide bonds. The molecule has 0 saturated carbocycles. The summed E-state index contributed by atoms with van der Waals surface area (Å²) in [7, 11) is 1.41. The van der Waals surface area contributed by atoms with E-state index in [4.69, 9.17) is 0 Å². The van der Waals surface area contributed by atoms with Gasteiger partial charge in [-0.25, -0.2) is 4.98 Å². The summed E-state index contributed by atoms with van der Waals surface area (Å²) in [5, 5.41) is 3.00. The highest BCUT2D eigenvalue weighted by atomic mass is 32.1. The lowest BCUT2D eigenvalue weighted by Crippen LogP contribution is -2.38. The fourth-order valence-corrected chi connectivity index (χ4v) is 3.56. The molecule has 0 unspecified atom stereocenters. The topological polar surface area (TPSA) is 42.4 Å². The van der Waals surface area contributed by atoms with E-state index in [1.807, 2.05) is 5.38 Å². The van der Waals surface area contributed by atoms with Crippen molar-refractivity contribution in [2.24, 2.45) is 11.3 Å². The Bertz CT molecular complexity index is 457. The first-order valence-corrected chi connectivity index (χ1v) is 8.04. The summed E-state index contributed by atoms with van der Waals surface area (Å²) in [6.07, 6.45) is 2.70. The average Bonchev–Trinajstić information content (AvgIpc) is 2.86. The second-order valence-corrected chi connectivity index (χ2v) is 7.34. The van der Waals surface area contributed by atoms with Crippen LogP contribution in [0.3, 0.4) is 0 Å². The second-order valence-electron chi connectivity index (χ2n) is 6.50. The zero-order valence-corrected chi connectivity index (χ0v) is 13.6. The molecule has 4 nitrogen and oxygen atoms in total. The third-order valence-electron chi connectivity index (χ3n) is 4.08. The SMILES string of the molecule is COC(=O)Cc1csc(N2CCC(C(C)(C)C)CC2)n1. The van der Waals surface area contributed by atoms with Gasteiger partial charge in [-0.15, -0.1) is 11.3 Å². The molecule has 0 spiro atoms. The number of esters is 1. The number of aromatic nitrogens is 1. The van der Waals surface area contributed by atoms with E-state index in [1.165, 1.54) is 20.0 Å². The molecule has 0 atom stereocenters. The lowest BCUT2D eigenvalue weighted by molar-refractivity contribution is -0.139. The van der Waals surface area contributed by atoms with Crippen LogP contribution in [0.1, 0.15) is 39.3 Å². The number of hydrogen-bond donors (Lipinski definition) is 0. The summed E-state index contributed by atoms with van der Waals surface area (Å²) in [6, 6.07) is 0. The maximum absolute atomic E-state index is 11.2. The van der Waals surface area contributed by atoms with Gasteiger partial charge in [0.2, 0.25) is 0 Å². The minimum Gasteiger partial charge on any atom is -0.469 e. The number of methoxy groups -OCH3 is 1. The number of anilines is 1. The highest BCUT2D eigenvalue weighted by Gasteiger charge is 2.29. The summed E-state index contributed by atoms with van der Waals surface area (Å²) < 4.78 is 4.67. The number of carbonyl (C=O) groups is 1. The number of hydrogen-bond acceptors (Lipinski definition) is 5. The van der Waals surface area contributed by atoms with Crippen LogP contribution in [-0.4, -0.2) is 31.2 Å². The van der Waals surface area contributed by atoms with E-state index in [9.17, 15) is 4.79 Å². The molecule has 1 aliphatic heterocycles. The Morgan fingerprint density at radius 1 is 1.45 bits per heavy atom. The Balaban J connectivity index is 1.92. The molecule has 0 radical (unpaired) electrons. The Kier molecular flexibility index (Phi) is 4.68. The summed E-state index contributed by atoms with van der Waals surface area (Å²) in [4.78, 5) is 18.1. The van der Waals surface area contributed by atoms with Gasteiger partial charge in [0.25, 0.3) is 0 Å². The van der Waals surface area contributed by atoms with Crippen molar-refractivity contribution in [3.05, 3.63) is 11.1 Å². The van der Waals surface area contributed by atoms with Crippen molar-refractivity contribution in [2.75, 3.05) is 25.1 Å². The molecule has 1 aliphatic rings. The highest BCUT2D eigenvalue weighted by Crippen LogP contribution is 2.36. The molecule has 0 N–H and O–H groups in total. The van der Waals surface area contributed by atoms with Crippen molar-refractivity contribution in [2.45, 2.75) is 40.0 Å². The van der Waals surface area contributed by atoms with Crippen LogP contribution in [-0.2, 0) is 16.0 Å². The predicted molar refractivity (Wildman–Crippen MR) is 82.2 cm³/mol. The van der Waals surface area contributed by atoms with Gasteiger partial charge in [0, 0.05) is 18.5 Å². The molecule has 1 fully saturated rings. The molecular weight excluding hydrogens is 272 g/mol. The molecule has 1 aromatic rings. The molecule has 2 heterocycles. The average molecular weight is 296 g/mol. The van der Waals surface area contributed by atoms with E-state index in [0.29, 0.717) is 5.41 Å². The summed E-state index contributed by atoms with van der Waals surface area (Å²) in [6.45, 7) is 9.10. The van der Waals surface area contributed by atoms with Gasteiger partial charge in [0.15, 0.2) is 5.13 Å². The first-order chi connectivity index (χ1) is 9.40. The van der Waals surface area contributed by atoms with Gasteiger partial charge in [-0.2, -0.15) is 0 Å². The van der Waals surface area contributed by atoms with Gasteiger partial charge >= 0.3 is 5.97 Å². The van der Waals surface area contributed by atoms with Crippen molar-refractivity contribution in [1.29, 1.82) is 0 Å². The minimum atomic E-state index is -0.228. The van der Waals surface area contributed by atoms with Crippen LogP contribution >= 0.6 is 11.3 Å². The number of thiazole rings is 1. The van der Waals surface area contributed by atoms with Crippen molar-refractivity contribution in [3.8, 4) is 0 Å². The van der Waals surface area contributed by atoms with Crippen LogP contribution < -0.4 is 4.90 Å². The van der Waals surface area contributed by atoms with Crippen molar-refractivity contribution >= 4 is 22.4 Å². The molecule has 112 valence electrons. The van der Waals surface area contributed by atoms with Gasteiger partial charge in [0.05, 0.1) is 19.2 Å². The largest absolute Gasteiger partial charge is 0.469 e. The van der Waals surface area contributed by atoms with E-state index in [-0.39, 0.29) is 12.4 Å². The molecule has 5 heteroatoms. The van der Waals surface area contributed by atoms with Gasteiger partial charge in [-0.05, 0) is 24.2 Å². The van der Waals surface area contributed by atoms with Crippen LogP contribution in [0.4, 0.5) is 5.13 Å². The molecule has 2 rings (SSSR count). The van der Waals surface area contributed by atoms with E-state index >= 15 is 0 Å². The monoisotopic (exact) mass is 296 g/mol. The van der Waals surface area contributed by atoms with Gasteiger partial charge in [-0.1, -0.05) is 20.8 Å². The molecule has 0 aliphatic carbocycles. The van der Waals surface area contributed by atoms with Crippen LogP contribution in [0, 0.1) is 11.3 Å². The molecule has 1 saturated heterocycles. The van der Waals surface area contributed by atoms with Crippen molar-refractivity contribution in [1.82, 2.24) is 4.98 Å². The first kappa shape index (κ1) is 15.3. The lowest BCUT2D eigenvalue weighted by atomic mass is 9.75. The van der Waals surface area contributed by atoms with Crippen LogP contribution in [0.2, 0.25) is 0 Å². The predicted octanol–water partition coefficient (Wildman–Crippen LogP) is 3.12. The second kappa shape index (κ2) is 6.12. The highest BCUT2D eigenvalue weighted by molar-refractivity contribution is 7.13. The third-order valence-corrected chi connectivity index (χ3v) is 5.03. The normalized spacial score (nSPS) is 17.3. The lowest BCUT2D eigenvalue weighted by Gasteiger charge is -2.38. The number of rotatable bonds is 3. The van der Waals surface area contributed by atoms with Crippen molar-refractivity contribution < 1.29 is 9.53 Å². The number of carbonyl (C=O) groups excluding carboxylic acids is 1.